The van der Waals surface area contributed by atoms with Gasteiger partial charge in [-0.15, -0.1) is 16.7 Å². The van der Waals surface area contributed by atoms with Crippen LogP contribution in [0.1, 0.15) is 32.6 Å². The molecule has 84 valence electrons. The zero-order chi connectivity index (χ0) is 10.8. The third-order valence-corrected chi connectivity index (χ3v) is 3.18. The summed E-state index contributed by atoms with van der Waals surface area (Å²) in [5.74, 6) is 1.56. The molecule has 2 heterocycles. The molecule has 0 amide bonds. The van der Waals surface area contributed by atoms with Crippen LogP contribution in [0.5, 0.6) is 0 Å². The van der Waals surface area contributed by atoms with Gasteiger partial charge in [0.25, 0.3) is 0 Å². The summed E-state index contributed by atoms with van der Waals surface area (Å²) in [4.78, 5) is 2.17. The first kappa shape index (κ1) is 10.7. The fraction of sp³-hybridized carbons (Fsp3) is 0.800. The first-order chi connectivity index (χ1) is 7.20. The van der Waals surface area contributed by atoms with Gasteiger partial charge in [0.15, 0.2) is 0 Å². The van der Waals surface area contributed by atoms with Gasteiger partial charge in [0.2, 0.25) is 5.89 Å². The molecule has 4 nitrogen and oxygen atoms in total. The van der Waals surface area contributed by atoms with Crippen molar-refractivity contribution in [2.45, 2.75) is 38.6 Å². The van der Waals surface area contributed by atoms with Crippen molar-refractivity contribution < 1.29 is 4.42 Å². The van der Waals surface area contributed by atoms with E-state index in [4.69, 9.17) is 16.0 Å². The van der Waals surface area contributed by atoms with Gasteiger partial charge in [-0.2, -0.15) is 0 Å². The van der Waals surface area contributed by atoms with E-state index in [0.717, 1.165) is 12.5 Å². The molecular formula is C10H16ClN3O. The molecule has 2 atom stereocenters. The van der Waals surface area contributed by atoms with E-state index in [1.165, 1.54) is 12.8 Å². The molecule has 2 unspecified atom stereocenters. The third-order valence-electron chi connectivity index (χ3n) is 2.95. The van der Waals surface area contributed by atoms with Crippen LogP contribution in [0.25, 0.3) is 0 Å². The van der Waals surface area contributed by atoms with Crippen LogP contribution < -0.4 is 4.90 Å². The molecule has 1 aliphatic rings. The van der Waals surface area contributed by atoms with Gasteiger partial charge in [0, 0.05) is 12.6 Å². The molecule has 15 heavy (non-hydrogen) atoms. The predicted molar refractivity (Wildman–Crippen MR) is 59.1 cm³/mol. The summed E-state index contributed by atoms with van der Waals surface area (Å²) >= 11 is 5.62. The van der Waals surface area contributed by atoms with Crippen molar-refractivity contribution in [3.05, 3.63) is 5.89 Å². The van der Waals surface area contributed by atoms with Crippen LogP contribution >= 0.6 is 11.6 Å². The quantitative estimate of drug-likeness (QED) is 0.731. The molecule has 5 heteroatoms. The van der Waals surface area contributed by atoms with Gasteiger partial charge in [-0.05, 0) is 25.7 Å². The van der Waals surface area contributed by atoms with Gasteiger partial charge in [-0.25, -0.2) is 0 Å². The smallest absolute Gasteiger partial charge is 0.318 e. The van der Waals surface area contributed by atoms with Crippen LogP contribution in [0.2, 0.25) is 0 Å². The van der Waals surface area contributed by atoms with Crippen LogP contribution in [0, 0.1) is 5.92 Å². The maximum Gasteiger partial charge on any atom is 0.318 e. The molecule has 0 aliphatic carbocycles. The molecule has 1 aromatic heterocycles. The van der Waals surface area contributed by atoms with Crippen molar-refractivity contribution in [2.75, 3.05) is 11.4 Å². The molecule has 0 saturated carbocycles. The van der Waals surface area contributed by atoms with Crippen molar-refractivity contribution in [3.8, 4) is 0 Å². The average molecular weight is 230 g/mol. The second-order valence-corrected chi connectivity index (χ2v) is 4.55. The topological polar surface area (TPSA) is 42.2 Å². The van der Waals surface area contributed by atoms with Crippen molar-refractivity contribution >= 4 is 17.6 Å². The fourth-order valence-electron chi connectivity index (χ4n) is 2.11. The van der Waals surface area contributed by atoms with E-state index in [9.17, 15) is 0 Å². The summed E-state index contributed by atoms with van der Waals surface area (Å²) in [6, 6.07) is 1.09. The van der Waals surface area contributed by atoms with E-state index in [1.54, 1.807) is 0 Å². The van der Waals surface area contributed by atoms with E-state index in [2.05, 4.69) is 28.9 Å². The monoisotopic (exact) mass is 229 g/mol. The standard InChI is InChI=1S/C10H16ClN3O/c1-7-3-4-14(8(2)5-7)10-13-12-9(6-11)15-10/h7-8H,3-6H2,1-2H3. The second kappa shape index (κ2) is 4.39. The van der Waals surface area contributed by atoms with E-state index >= 15 is 0 Å². The Morgan fingerprint density at radius 3 is 2.87 bits per heavy atom. The van der Waals surface area contributed by atoms with Crippen molar-refractivity contribution in [1.29, 1.82) is 0 Å². The Hall–Kier alpha value is -0.770. The van der Waals surface area contributed by atoms with Crippen LogP contribution in [0.15, 0.2) is 4.42 Å². The number of hydrogen-bond acceptors (Lipinski definition) is 4. The predicted octanol–water partition coefficient (Wildman–Crippen LogP) is 2.43. The van der Waals surface area contributed by atoms with E-state index in [1.807, 2.05) is 0 Å². The number of rotatable bonds is 2. The highest BCUT2D eigenvalue weighted by atomic mass is 35.5. The Morgan fingerprint density at radius 1 is 1.47 bits per heavy atom. The summed E-state index contributed by atoms with van der Waals surface area (Å²) in [7, 11) is 0. The molecular weight excluding hydrogens is 214 g/mol. The Morgan fingerprint density at radius 2 is 2.27 bits per heavy atom. The van der Waals surface area contributed by atoms with Crippen molar-refractivity contribution in [2.24, 2.45) is 5.92 Å². The Kier molecular flexibility index (Phi) is 3.14. The minimum atomic E-state index is 0.283. The van der Waals surface area contributed by atoms with Crippen molar-refractivity contribution in [3.63, 3.8) is 0 Å². The lowest BCUT2D eigenvalue weighted by molar-refractivity contribution is 0.354. The van der Waals surface area contributed by atoms with Gasteiger partial charge in [-0.1, -0.05) is 12.0 Å². The maximum atomic E-state index is 5.62. The summed E-state index contributed by atoms with van der Waals surface area (Å²) < 4.78 is 5.45. The summed E-state index contributed by atoms with van der Waals surface area (Å²) in [5.41, 5.74) is 0. The third kappa shape index (κ3) is 2.25. The number of halogens is 1. The molecule has 0 spiro atoms. The zero-order valence-electron chi connectivity index (χ0n) is 9.11. The van der Waals surface area contributed by atoms with E-state index < -0.39 is 0 Å². The zero-order valence-corrected chi connectivity index (χ0v) is 9.87. The first-order valence-electron chi connectivity index (χ1n) is 5.35. The SMILES string of the molecule is CC1CCN(c2nnc(CCl)o2)C(C)C1. The molecule has 0 aromatic carbocycles. The summed E-state index contributed by atoms with van der Waals surface area (Å²) in [6.07, 6.45) is 2.36. The van der Waals surface area contributed by atoms with Crippen LogP contribution in [-0.2, 0) is 5.88 Å². The molecule has 0 radical (unpaired) electrons. The minimum absolute atomic E-state index is 0.283. The maximum absolute atomic E-state index is 5.62. The van der Waals surface area contributed by atoms with Crippen LogP contribution in [0.3, 0.4) is 0 Å². The number of piperidine rings is 1. The lowest BCUT2D eigenvalue weighted by Crippen LogP contribution is -2.40. The number of alkyl halides is 1. The Balaban J connectivity index is 2.09. The van der Waals surface area contributed by atoms with Gasteiger partial charge >= 0.3 is 6.01 Å². The average Bonchev–Trinajstić information content (AvgIpc) is 2.66. The molecule has 0 bridgehead atoms. The fourth-order valence-corrected chi connectivity index (χ4v) is 2.21. The second-order valence-electron chi connectivity index (χ2n) is 4.28. The summed E-state index contributed by atoms with van der Waals surface area (Å²) in [5, 5.41) is 7.88. The van der Waals surface area contributed by atoms with Gasteiger partial charge in [0.1, 0.15) is 5.88 Å². The van der Waals surface area contributed by atoms with Crippen LogP contribution in [-0.4, -0.2) is 22.8 Å². The lowest BCUT2D eigenvalue weighted by Gasteiger charge is -2.34. The number of anilines is 1. The highest BCUT2D eigenvalue weighted by Crippen LogP contribution is 2.26. The van der Waals surface area contributed by atoms with Gasteiger partial charge in [0.05, 0.1) is 0 Å². The molecule has 1 aliphatic heterocycles. The number of aromatic nitrogens is 2. The van der Waals surface area contributed by atoms with Crippen molar-refractivity contribution in [1.82, 2.24) is 10.2 Å². The normalized spacial score (nSPS) is 27.0. The van der Waals surface area contributed by atoms with E-state index in [-0.39, 0.29) is 5.88 Å². The van der Waals surface area contributed by atoms with E-state index in [0.29, 0.717) is 17.9 Å². The minimum Gasteiger partial charge on any atom is -0.407 e. The lowest BCUT2D eigenvalue weighted by atomic mass is 9.94. The molecule has 1 saturated heterocycles. The largest absolute Gasteiger partial charge is 0.407 e. The molecule has 1 aromatic rings. The first-order valence-corrected chi connectivity index (χ1v) is 5.89. The molecule has 1 fully saturated rings. The highest BCUT2D eigenvalue weighted by molar-refractivity contribution is 6.16. The number of nitrogens with zero attached hydrogens (tertiary/aromatic N) is 3. The summed E-state index contributed by atoms with van der Waals surface area (Å²) in [6.45, 7) is 5.47. The molecule has 2 rings (SSSR count). The van der Waals surface area contributed by atoms with Gasteiger partial charge in [-0.3, -0.25) is 0 Å². The van der Waals surface area contributed by atoms with Gasteiger partial charge < -0.3 is 9.32 Å². The Labute approximate surface area is 94.6 Å². The molecule has 0 N–H and O–H groups in total. The Bertz CT molecular complexity index is 328. The number of hydrogen-bond donors (Lipinski definition) is 0. The highest BCUT2D eigenvalue weighted by Gasteiger charge is 2.26. The van der Waals surface area contributed by atoms with Crippen LogP contribution in [0.4, 0.5) is 6.01 Å².